The molecule has 3 aromatic rings. The molecule has 0 saturated carbocycles. The highest BCUT2D eigenvalue weighted by Crippen LogP contribution is 2.23. The van der Waals surface area contributed by atoms with E-state index < -0.39 is 0 Å². The number of hydrogen-bond donors (Lipinski definition) is 0. The quantitative estimate of drug-likeness (QED) is 0.667. The van der Waals surface area contributed by atoms with Crippen LogP contribution in [0.1, 0.15) is 10.6 Å². The number of nitrogens with zero attached hydrogens (tertiary/aromatic N) is 6. The Morgan fingerprint density at radius 2 is 1.71 bits per heavy atom. The summed E-state index contributed by atoms with van der Waals surface area (Å²) in [7, 11) is 0. The molecule has 3 heterocycles. The topological polar surface area (TPSA) is 97.4 Å². The lowest BCUT2D eigenvalue weighted by Crippen LogP contribution is -2.51. The molecule has 0 spiro atoms. The Kier molecular flexibility index (Phi) is 4.83. The van der Waals surface area contributed by atoms with Crippen LogP contribution in [0.5, 0.6) is 0 Å². The summed E-state index contributed by atoms with van der Waals surface area (Å²) in [6.45, 7) is 1.75. The number of piperazine rings is 1. The van der Waals surface area contributed by atoms with E-state index in [1.165, 1.54) is 23.1 Å². The first-order chi connectivity index (χ1) is 13.6. The van der Waals surface area contributed by atoms with Crippen LogP contribution in [0.2, 0.25) is 0 Å². The highest BCUT2D eigenvalue weighted by molar-refractivity contribution is 5.92. The molecule has 0 radical (unpaired) electrons. The van der Waals surface area contributed by atoms with E-state index >= 15 is 0 Å². The number of amides is 2. The van der Waals surface area contributed by atoms with Crippen LogP contribution in [0.4, 0.5) is 4.39 Å². The van der Waals surface area contributed by atoms with Crippen molar-refractivity contribution in [3.63, 3.8) is 0 Å². The Morgan fingerprint density at radius 3 is 2.39 bits per heavy atom. The van der Waals surface area contributed by atoms with E-state index in [2.05, 4.69) is 15.5 Å². The second-order valence-electron chi connectivity index (χ2n) is 6.35. The molecule has 1 fully saturated rings. The second-order valence-corrected chi connectivity index (χ2v) is 6.35. The molecule has 0 atom stereocenters. The maximum Gasteiger partial charge on any atom is 0.289 e. The van der Waals surface area contributed by atoms with Crippen LogP contribution < -0.4 is 0 Å². The molecule has 0 N–H and O–H groups in total. The molecule has 1 aliphatic heterocycles. The Morgan fingerprint density at radius 1 is 1.00 bits per heavy atom. The highest BCUT2D eigenvalue weighted by atomic mass is 19.1. The van der Waals surface area contributed by atoms with Crippen molar-refractivity contribution in [1.29, 1.82) is 0 Å². The fraction of sp³-hybridized carbons (Fsp3) is 0.278. The van der Waals surface area contributed by atoms with Crippen molar-refractivity contribution < 1.29 is 18.4 Å². The van der Waals surface area contributed by atoms with Gasteiger partial charge in [-0.1, -0.05) is 0 Å². The van der Waals surface area contributed by atoms with Crippen LogP contribution in [-0.2, 0) is 11.3 Å². The summed E-state index contributed by atoms with van der Waals surface area (Å²) in [5.41, 5.74) is 0.693. The zero-order chi connectivity index (χ0) is 19.5. The maximum atomic E-state index is 13.0. The van der Waals surface area contributed by atoms with Crippen molar-refractivity contribution in [2.24, 2.45) is 0 Å². The van der Waals surface area contributed by atoms with Crippen LogP contribution >= 0.6 is 0 Å². The molecule has 2 aromatic heterocycles. The monoisotopic (exact) mass is 384 g/mol. The summed E-state index contributed by atoms with van der Waals surface area (Å²) >= 11 is 0. The number of carbonyl (C=O) groups is 2. The van der Waals surface area contributed by atoms with Crippen LogP contribution in [0, 0.1) is 5.82 Å². The molecule has 1 saturated heterocycles. The number of halogens is 1. The summed E-state index contributed by atoms with van der Waals surface area (Å²) in [6.07, 6.45) is 1.38. The number of aromatic nitrogens is 4. The number of furan rings is 1. The van der Waals surface area contributed by atoms with E-state index in [9.17, 15) is 14.0 Å². The van der Waals surface area contributed by atoms with Gasteiger partial charge in [-0.15, -0.1) is 5.10 Å². The van der Waals surface area contributed by atoms with E-state index in [0.29, 0.717) is 37.5 Å². The van der Waals surface area contributed by atoms with Crippen LogP contribution in [0.25, 0.3) is 11.3 Å². The molecule has 10 heteroatoms. The largest absolute Gasteiger partial charge is 0.451 e. The van der Waals surface area contributed by atoms with Gasteiger partial charge in [-0.05, 0) is 46.8 Å². The molecule has 144 valence electrons. The molecule has 0 bridgehead atoms. The predicted octanol–water partition coefficient (Wildman–Crippen LogP) is 1.06. The fourth-order valence-corrected chi connectivity index (χ4v) is 3.03. The summed E-state index contributed by atoms with van der Waals surface area (Å²) < 4.78 is 20.1. The number of carbonyl (C=O) groups excluding carboxylic acids is 2. The minimum absolute atomic E-state index is 0.0696. The standard InChI is InChI=1S/C18H17FN6O3/c19-14-3-1-13(2-4-14)15-5-6-16(28-15)18(27)24-9-7-23(8-10-24)17(26)11-25-12-20-21-22-25/h1-6,12H,7-11H2. The van der Waals surface area contributed by atoms with Crippen molar-refractivity contribution in [2.75, 3.05) is 26.2 Å². The predicted molar refractivity (Wildman–Crippen MR) is 94.4 cm³/mol. The van der Waals surface area contributed by atoms with E-state index in [1.807, 2.05) is 0 Å². The van der Waals surface area contributed by atoms with Crippen molar-refractivity contribution >= 4 is 11.8 Å². The SMILES string of the molecule is O=C(Cn1cnnn1)N1CCN(C(=O)c2ccc(-c3ccc(F)cc3)o2)CC1. The normalized spacial score (nSPS) is 14.3. The van der Waals surface area contributed by atoms with Gasteiger partial charge in [0.05, 0.1) is 0 Å². The first kappa shape index (κ1) is 17.8. The third-order valence-corrected chi connectivity index (χ3v) is 4.55. The lowest BCUT2D eigenvalue weighted by Gasteiger charge is -2.34. The van der Waals surface area contributed by atoms with E-state index in [0.717, 1.165) is 0 Å². The van der Waals surface area contributed by atoms with Gasteiger partial charge < -0.3 is 14.2 Å². The van der Waals surface area contributed by atoms with Gasteiger partial charge >= 0.3 is 0 Å². The molecule has 4 rings (SSSR count). The van der Waals surface area contributed by atoms with Crippen molar-refractivity contribution in [2.45, 2.75) is 6.54 Å². The van der Waals surface area contributed by atoms with Crippen LogP contribution in [0.15, 0.2) is 47.1 Å². The number of tetrazole rings is 1. The minimum Gasteiger partial charge on any atom is -0.451 e. The zero-order valence-electron chi connectivity index (χ0n) is 14.9. The Hall–Kier alpha value is -3.56. The third kappa shape index (κ3) is 3.75. The Bertz CT molecular complexity index is 962. The molecular weight excluding hydrogens is 367 g/mol. The third-order valence-electron chi connectivity index (χ3n) is 4.55. The molecule has 9 nitrogen and oxygen atoms in total. The van der Waals surface area contributed by atoms with Gasteiger partial charge in [0.25, 0.3) is 5.91 Å². The molecule has 2 amide bonds. The molecular formula is C18H17FN6O3. The number of rotatable bonds is 4. The van der Waals surface area contributed by atoms with Gasteiger partial charge in [-0.3, -0.25) is 9.59 Å². The van der Waals surface area contributed by atoms with Crippen molar-refractivity contribution in [3.05, 3.63) is 54.3 Å². The van der Waals surface area contributed by atoms with Gasteiger partial charge in [-0.25, -0.2) is 9.07 Å². The fourth-order valence-electron chi connectivity index (χ4n) is 3.03. The average molecular weight is 384 g/mol. The number of benzene rings is 1. The smallest absolute Gasteiger partial charge is 0.289 e. The van der Waals surface area contributed by atoms with E-state index in [1.54, 1.807) is 34.1 Å². The van der Waals surface area contributed by atoms with Gasteiger partial charge in [0, 0.05) is 31.7 Å². The first-order valence-corrected chi connectivity index (χ1v) is 8.74. The summed E-state index contributed by atoms with van der Waals surface area (Å²) in [5, 5.41) is 10.7. The van der Waals surface area contributed by atoms with Crippen LogP contribution in [-0.4, -0.2) is 68.0 Å². The lowest BCUT2D eigenvalue weighted by molar-refractivity contribution is -0.133. The lowest BCUT2D eigenvalue weighted by atomic mass is 10.2. The van der Waals surface area contributed by atoms with Gasteiger partial charge in [0.2, 0.25) is 5.91 Å². The van der Waals surface area contributed by atoms with Gasteiger partial charge in [-0.2, -0.15) is 0 Å². The molecule has 28 heavy (non-hydrogen) atoms. The number of hydrogen-bond acceptors (Lipinski definition) is 6. The van der Waals surface area contributed by atoms with Crippen molar-refractivity contribution in [3.8, 4) is 11.3 Å². The molecule has 1 aliphatic rings. The highest BCUT2D eigenvalue weighted by Gasteiger charge is 2.26. The van der Waals surface area contributed by atoms with Crippen molar-refractivity contribution in [1.82, 2.24) is 30.0 Å². The molecule has 0 aliphatic carbocycles. The van der Waals surface area contributed by atoms with E-state index in [4.69, 9.17) is 4.42 Å². The Labute approximate surface area is 159 Å². The zero-order valence-corrected chi connectivity index (χ0v) is 14.9. The van der Waals surface area contributed by atoms with Gasteiger partial charge in [0.15, 0.2) is 5.76 Å². The first-order valence-electron chi connectivity index (χ1n) is 8.74. The van der Waals surface area contributed by atoms with E-state index in [-0.39, 0.29) is 29.9 Å². The van der Waals surface area contributed by atoms with Gasteiger partial charge in [0.1, 0.15) is 24.4 Å². The summed E-state index contributed by atoms with van der Waals surface area (Å²) in [5.74, 6) is 0.0439. The average Bonchev–Trinajstić information content (AvgIpc) is 3.40. The minimum atomic E-state index is -0.334. The second kappa shape index (κ2) is 7.59. The van der Waals surface area contributed by atoms with Crippen LogP contribution in [0.3, 0.4) is 0 Å². The summed E-state index contributed by atoms with van der Waals surface area (Å²) in [4.78, 5) is 28.3. The maximum absolute atomic E-state index is 13.0. The summed E-state index contributed by atoms with van der Waals surface area (Å²) in [6, 6.07) is 9.16. The Balaban J connectivity index is 1.35. The molecule has 0 unspecified atom stereocenters. The molecule has 1 aromatic carbocycles.